The van der Waals surface area contributed by atoms with Gasteiger partial charge >= 0.3 is 5.97 Å². The van der Waals surface area contributed by atoms with Gasteiger partial charge in [0.1, 0.15) is 41.2 Å². The fourth-order valence-corrected chi connectivity index (χ4v) is 6.23. The molecule has 12 nitrogen and oxygen atoms in total. The number of oxime groups is 1. The fourth-order valence-electron chi connectivity index (χ4n) is 3.26. The SMILES string of the molecule is CON=C(C(=O)NC1C(=O)N2C(C(=O)O)=C(CSc3nncs3)CS[C@H]12)c1cccc(N)n1. The van der Waals surface area contributed by atoms with Gasteiger partial charge in [-0.05, 0) is 17.7 Å². The summed E-state index contributed by atoms with van der Waals surface area (Å²) in [7, 11) is 1.28. The molecule has 2 aromatic heterocycles. The van der Waals surface area contributed by atoms with Crippen LogP contribution in [0.15, 0.2) is 44.5 Å². The van der Waals surface area contributed by atoms with E-state index >= 15 is 0 Å². The summed E-state index contributed by atoms with van der Waals surface area (Å²) in [5, 5.41) is 23.2. The van der Waals surface area contributed by atoms with Crippen LogP contribution in [0.25, 0.3) is 0 Å². The highest BCUT2D eigenvalue weighted by molar-refractivity contribution is 8.01. The first-order valence-electron chi connectivity index (χ1n) is 9.34. The second-order valence-electron chi connectivity index (χ2n) is 6.68. The van der Waals surface area contributed by atoms with Crippen LogP contribution in [0, 0.1) is 0 Å². The van der Waals surface area contributed by atoms with E-state index in [1.54, 1.807) is 17.6 Å². The maximum atomic E-state index is 12.9. The van der Waals surface area contributed by atoms with Crippen molar-refractivity contribution in [2.24, 2.45) is 5.16 Å². The minimum absolute atomic E-state index is 0.0606. The zero-order valence-electron chi connectivity index (χ0n) is 17.0. The van der Waals surface area contributed by atoms with E-state index < -0.39 is 29.2 Å². The Labute approximate surface area is 199 Å². The van der Waals surface area contributed by atoms with Crippen molar-refractivity contribution in [3.8, 4) is 0 Å². The maximum Gasteiger partial charge on any atom is 0.352 e. The Morgan fingerprint density at radius 1 is 1.45 bits per heavy atom. The number of β-lactam (4-membered cyclic amide) rings is 1. The lowest BCUT2D eigenvalue weighted by Gasteiger charge is -2.49. The molecule has 172 valence electrons. The summed E-state index contributed by atoms with van der Waals surface area (Å²) in [5.41, 5.74) is 7.84. The van der Waals surface area contributed by atoms with Crippen LogP contribution in [-0.2, 0) is 19.2 Å². The van der Waals surface area contributed by atoms with Gasteiger partial charge in [0.15, 0.2) is 10.1 Å². The number of carbonyl (C=O) groups excluding carboxylic acids is 2. The number of nitrogens with two attached hydrogens (primary N) is 1. The number of fused-ring (bicyclic) bond motifs is 1. The number of thioether (sulfide) groups is 2. The molecule has 0 spiro atoms. The van der Waals surface area contributed by atoms with Crippen LogP contribution >= 0.6 is 34.9 Å². The van der Waals surface area contributed by atoms with Crippen LogP contribution in [0.1, 0.15) is 5.69 Å². The first-order chi connectivity index (χ1) is 15.9. The lowest BCUT2D eigenvalue weighted by atomic mass is 10.0. The maximum absolute atomic E-state index is 12.9. The van der Waals surface area contributed by atoms with Crippen molar-refractivity contribution in [1.29, 1.82) is 0 Å². The quantitative estimate of drug-likeness (QED) is 0.195. The summed E-state index contributed by atoms with van der Waals surface area (Å²) in [6, 6.07) is 3.77. The molecule has 0 bridgehead atoms. The molecule has 4 N–H and O–H groups in total. The van der Waals surface area contributed by atoms with Gasteiger partial charge in [-0.15, -0.1) is 22.0 Å². The number of carboxylic acid groups (broad SMARTS) is 1. The summed E-state index contributed by atoms with van der Waals surface area (Å²) in [4.78, 5) is 47.7. The van der Waals surface area contributed by atoms with Crippen molar-refractivity contribution in [2.75, 3.05) is 24.3 Å². The number of carboxylic acids is 1. The van der Waals surface area contributed by atoms with Crippen molar-refractivity contribution < 1.29 is 24.3 Å². The molecule has 0 saturated carbocycles. The second-order valence-corrected chi connectivity index (χ2v) is 9.84. The van der Waals surface area contributed by atoms with Gasteiger partial charge in [0.2, 0.25) is 0 Å². The Morgan fingerprint density at radius 3 is 2.94 bits per heavy atom. The molecule has 33 heavy (non-hydrogen) atoms. The Balaban J connectivity index is 1.50. The van der Waals surface area contributed by atoms with Crippen LogP contribution < -0.4 is 11.1 Å². The molecule has 1 unspecified atom stereocenters. The number of anilines is 1. The molecular weight excluding hydrogens is 490 g/mol. The van der Waals surface area contributed by atoms with Gasteiger partial charge in [-0.2, -0.15) is 0 Å². The molecule has 0 aromatic carbocycles. The predicted octanol–water partition coefficient (Wildman–Crippen LogP) is 0.397. The first kappa shape index (κ1) is 23.0. The van der Waals surface area contributed by atoms with Crippen LogP contribution in [-0.4, -0.2) is 78.7 Å². The smallest absolute Gasteiger partial charge is 0.352 e. The number of hydrogen-bond donors (Lipinski definition) is 3. The Morgan fingerprint density at radius 2 is 2.27 bits per heavy atom. The molecule has 0 radical (unpaired) electrons. The number of nitrogens with one attached hydrogen (secondary N) is 1. The van der Waals surface area contributed by atoms with E-state index in [9.17, 15) is 19.5 Å². The van der Waals surface area contributed by atoms with Crippen LogP contribution in [0.5, 0.6) is 0 Å². The van der Waals surface area contributed by atoms with Crippen LogP contribution in [0.4, 0.5) is 5.82 Å². The first-order valence-corrected chi connectivity index (χ1v) is 12.3. The summed E-state index contributed by atoms with van der Waals surface area (Å²) < 4.78 is 0.708. The van der Waals surface area contributed by atoms with E-state index in [2.05, 4.69) is 25.7 Å². The number of hydrogen-bond acceptors (Lipinski definition) is 12. The van der Waals surface area contributed by atoms with Crippen molar-refractivity contribution in [2.45, 2.75) is 15.8 Å². The molecule has 2 aliphatic rings. The average molecular weight is 508 g/mol. The van der Waals surface area contributed by atoms with Gasteiger partial charge < -0.3 is 21.0 Å². The molecule has 2 atom stereocenters. The van der Waals surface area contributed by atoms with E-state index in [0.29, 0.717) is 21.4 Å². The molecule has 4 heterocycles. The van der Waals surface area contributed by atoms with E-state index in [-0.39, 0.29) is 22.9 Å². The minimum Gasteiger partial charge on any atom is -0.477 e. The number of aliphatic carboxylic acids is 1. The zero-order chi connectivity index (χ0) is 23.5. The number of amides is 2. The van der Waals surface area contributed by atoms with Gasteiger partial charge in [-0.25, -0.2) is 9.78 Å². The Kier molecular flexibility index (Phi) is 6.80. The lowest BCUT2D eigenvalue weighted by molar-refractivity contribution is -0.150. The summed E-state index contributed by atoms with van der Waals surface area (Å²) in [5.74, 6) is -1.46. The number of pyridine rings is 1. The molecule has 2 aliphatic heterocycles. The van der Waals surface area contributed by atoms with Gasteiger partial charge in [0.05, 0.1) is 0 Å². The normalized spacial score (nSPS) is 20.2. The third kappa shape index (κ3) is 4.65. The fraction of sp³-hybridized carbons (Fsp3) is 0.278. The third-order valence-electron chi connectivity index (χ3n) is 4.66. The molecule has 2 amide bonds. The summed E-state index contributed by atoms with van der Waals surface area (Å²) in [6.07, 6.45) is 0. The van der Waals surface area contributed by atoms with Crippen molar-refractivity contribution in [1.82, 2.24) is 25.4 Å². The van der Waals surface area contributed by atoms with E-state index in [1.165, 1.54) is 52.9 Å². The predicted molar refractivity (Wildman–Crippen MR) is 123 cm³/mol. The summed E-state index contributed by atoms with van der Waals surface area (Å²) in [6.45, 7) is 0. The molecule has 4 rings (SSSR count). The van der Waals surface area contributed by atoms with Crippen molar-refractivity contribution in [3.63, 3.8) is 0 Å². The second kappa shape index (κ2) is 9.76. The monoisotopic (exact) mass is 507 g/mol. The number of nitrogen functional groups attached to an aromatic ring is 1. The summed E-state index contributed by atoms with van der Waals surface area (Å²) >= 11 is 4.08. The molecular formula is C18H17N7O5S3. The Hall–Kier alpha value is -3.17. The van der Waals surface area contributed by atoms with Gasteiger partial charge in [0, 0.05) is 11.5 Å². The minimum atomic E-state index is -1.20. The van der Waals surface area contributed by atoms with Crippen LogP contribution in [0.2, 0.25) is 0 Å². The van der Waals surface area contributed by atoms with Gasteiger partial charge in [0.25, 0.3) is 11.8 Å². The molecule has 1 saturated heterocycles. The number of rotatable bonds is 8. The van der Waals surface area contributed by atoms with E-state index in [0.717, 1.165) is 0 Å². The number of carbonyl (C=O) groups is 3. The van der Waals surface area contributed by atoms with Crippen molar-refractivity contribution in [3.05, 3.63) is 40.7 Å². The molecule has 0 aliphatic carbocycles. The lowest BCUT2D eigenvalue weighted by Crippen LogP contribution is -2.71. The highest BCUT2D eigenvalue weighted by Gasteiger charge is 2.54. The zero-order valence-corrected chi connectivity index (χ0v) is 19.4. The third-order valence-corrected chi connectivity index (χ3v) is 7.94. The highest BCUT2D eigenvalue weighted by atomic mass is 32.2. The topological polar surface area (TPSA) is 173 Å². The molecule has 1 fully saturated rings. The molecule has 2 aromatic rings. The largest absolute Gasteiger partial charge is 0.477 e. The van der Waals surface area contributed by atoms with Gasteiger partial charge in [-0.3, -0.25) is 14.5 Å². The molecule has 15 heteroatoms. The number of nitrogens with zero attached hydrogens (tertiary/aromatic N) is 5. The number of aromatic nitrogens is 3. The van der Waals surface area contributed by atoms with Gasteiger partial charge in [-0.1, -0.05) is 34.3 Å². The Bertz CT molecular complexity index is 1150. The highest BCUT2D eigenvalue weighted by Crippen LogP contribution is 2.41. The van der Waals surface area contributed by atoms with Crippen LogP contribution in [0.3, 0.4) is 0 Å². The van der Waals surface area contributed by atoms with E-state index in [1.807, 2.05) is 0 Å². The van der Waals surface area contributed by atoms with E-state index in [4.69, 9.17) is 10.6 Å². The van der Waals surface area contributed by atoms with Crippen molar-refractivity contribution >= 4 is 64.2 Å². The average Bonchev–Trinajstić information content (AvgIpc) is 3.32. The standard InChI is InChI=1S/C18H17N7O5S3/c1-30-24-11(9-3-2-4-10(19)21-9)14(26)22-12-15(27)25-13(17(28)29)8(5-31-16(12)25)6-32-18-23-20-7-33-18/h2-4,7,12,16H,5-6H2,1H3,(H2,19,21)(H,22,26)(H,28,29)/t12?,16-/m1/s1.